The first-order valence-corrected chi connectivity index (χ1v) is 67.1. The molecule has 0 radical (unpaired) electrons. The molecule has 0 N–H and O–H groups in total. The molecule has 5 aromatic carbocycles. The summed E-state index contributed by atoms with van der Waals surface area (Å²) >= 11 is 26.2. The number of carbonyl (C=O) groups is 2. The first kappa shape index (κ1) is 116. The molecule has 0 spiro atoms. The van der Waals surface area contributed by atoms with Gasteiger partial charge in [-0.1, -0.05) is 68.6 Å². The molecule has 29 nitrogen and oxygen atoms in total. The first-order chi connectivity index (χ1) is 67.1. The molecule has 0 unspecified atom stereocenters. The van der Waals surface area contributed by atoms with E-state index < -0.39 is 5.95 Å². The molecule has 0 atom stereocenters. The number of aryl methyl sites for hydroxylation is 3. The van der Waals surface area contributed by atoms with Crippen LogP contribution in [0.3, 0.4) is 0 Å². The van der Waals surface area contributed by atoms with Crippen LogP contribution in [0.15, 0.2) is 250 Å². The van der Waals surface area contributed by atoms with Gasteiger partial charge in [0.05, 0.1) is 175 Å². The van der Waals surface area contributed by atoms with Gasteiger partial charge in [-0.15, -0.1) is 43.0 Å². The number of carbonyl (C=O) groups excluding carboxylic acids is 2. The molecule has 0 saturated carbocycles. The Kier molecular flexibility index (Phi) is 46.1. The average Bonchev–Trinajstić information content (AvgIpc) is 1.60. The Labute approximate surface area is 914 Å². The summed E-state index contributed by atoms with van der Waals surface area (Å²) in [6.07, 6.45) is 14.3. The number of nitrogens with zero attached hydrogens (tertiary/aromatic N) is 27. The van der Waals surface area contributed by atoms with Crippen LogP contribution in [0.1, 0.15) is 161 Å². The number of hydrogen-bond acceptors (Lipinski definition) is 20. The van der Waals surface area contributed by atoms with Crippen LogP contribution >= 0.6 is 146 Å². The Hall–Kier alpha value is -11.0. The normalized spacial score (nSPS) is 10.4. The van der Waals surface area contributed by atoms with E-state index in [0.717, 1.165) is 101 Å². The van der Waals surface area contributed by atoms with Crippen LogP contribution in [0.4, 0.5) is 4.39 Å². The van der Waals surface area contributed by atoms with Crippen LogP contribution in [0.25, 0.3) is 107 Å². The minimum atomic E-state index is -0.482. The maximum absolute atomic E-state index is 13.1. The summed E-state index contributed by atoms with van der Waals surface area (Å²) < 4.78 is 26.9. The third kappa shape index (κ3) is 31.0. The van der Waals surface area contributed by atoms with Crippen molar-refractivity contribution in [2.75, 3.05) is 11.8 Å². The van der Waals surface area contributed by atoms with Crippen molar-refractivity contribution in [2.45, 2.75) is 122 Å². The van der Waals surface area contributed by atoms with E-state index >= 15 is 0 Å². The summed E-state index contributed by atoms with van der Waals surface area (Å²) in [6.45, 7) is 28.9. The van der Waals surface area contributed by atoms with Gasteiger partial charge >= 0.3 is 114 Å². The van der Waals surface area contributed by atoms with Gasteiger partial charge in [0.1, 0.15) is 11.0 Å². The molecule has 0 aliphatic carbocycles. The number of rotatable bonds is 14. The van der Waals surface area contributed by atoms with Crippen molar-refractivity contribution in [3.05, 3.63) is 335 Å². The second-order valence-electron chi connectivity index (χ2n) is 31.8. The van der Waals surface area contributed by atoms with Crippen LogP contribution in [0, 0.1) is 109 Å². The second-order valence-corrected chi connectivity index (χ2v) is 82.4. The molecule has 727 valence electrons. The number of fused-ring (bicyclic) bond motifs is 5. The number of pyridine rings is 5. The summed E-state index contributed by atoms with van der Waals surface area (Å²) in [5.74, 6) is 4.14. The van der Waals surface area contributed by atoms with E-state index in [1.165, 1.54) is 38.6 Å². The average molecular weight is 2690 g/mol. The van der Waals surface area contributed by atoms with Gasteiger partial charge in [-0.25, -0.2) is 34.3 Å². The van der Waals surface area contributed by atoms with Gasteiger partial charge in [-0.05, 0) is 241 Å². The number of nitriles is 5. The summed E-state index contributed by atoms with van der Waals surface area (Å²) in [5, 5.41) is 76.6. The van der Waals surface area contributed by atoms with Gasteiger partial charge in [0.25, 0.3) is 0 Å². The van der Waals surface area contributed by atoms with Crippen LogP contribution in [0.5, 0.6) is 0 Å². The number of benzene rings is 5. The Bertz CT molecular complexity index is 7220. The molecule has 14 heterocycles. The topological polar surface area (TPSA) is 365 Å². The van der Waals surface area contributed by atoms with E-state index in [0.29, 0.717) is 85.8 Å². The van der Waals surface area contributed by atoms with Crippen molar-refractivity contribution >= 4 is 212 Å². The van der Waals surface area contributed by atoms with Gasteiger partial charge < -0.3 is 34.7 Å². The standard InChI is InChI=1S/2C19H13ClN6O.2C17H12N6.C15H10FN3.C5H11I.2C4H9.2CH4.5HI.2V/c1-12-18(16(27)10-20)19-15(6-7-17(23-19)25-9-8-22-24-25)26(12)14-4-2-13(11-21)3-5-14;1-12-18(16(27)10-20)19-15(6-7-17(24-19)26-22-8-9-23-26)25(12)14-4-2-13(11-21)3-5-14;1-12-10-15-16(6-7-17(20-15)22-9-8-19-21-22)23(12)14-4-2-13(11-18)3-5-14;1-12-10-15-16(6-7-17(21-15)23-19-8-9-20-23)22(12)14-4-2-13(11-18)3-5-14;1-10-8-13-14(6-7-15(16)18-13)19(10)12-4-2-11(9-17)3-5-12;1-4-5(2,3)6;2*1-4(2)3;;;;;;;;;/h2*2-9H,10H2,1H3;2*2-10H,1H3;2-8H,1H3;4H2,1-3H3;2*1-3H3;2*1H4;5*1H;;/q;;;;;;2*-1;;;;;;;;+2;+3/p-5. The Balaban J connectivity index is 0.000000206. The molecule has 0 saturated heterocycles. The molecule has 142 heavy (non-hydrogen) atoms. The summed E-state index contributed by atoms with van der Waals surface area (Å²) in [6, 6.07) is 71.3. The molecule has 0 fully saturated rings. The quantitative estimate of drug-likeness (QED) is 0.0321. The van der Waals surface area contributed by atoms with Crippen molar-refractivity contribution in [2.24, 2.45) is 0 Å². The van der Waals surface area contributed by atoms with Crippen LogP contribution in [0.2, 0.25) is 0 Å². The minimum absolute atomic E-state index is 0. The predicted molar refractivity (Wildman–Crippen MR) is 605 cm³/mol. The zero-order chi connectivity index (χ0) is 102. The fraction of sp³-hybridized carbons (Fsp3) is 0.196. The first-order valence-electron chi connectivity index (χ1n) is 42.4. The van der Waals surface area contributed by atoms with Crippen LogP contribution < -0.4 is 0 Å². The van der Waals surface area contributed by atoms with E-state index in [4.69, 9.17) is 49.5 Å². The summed E-state index contributed by atoms with van der Waals surface area (Å²) in [4.78, 5) is 50.1. The van der Waals surface area contributed by atoms with E-state index in [1.807, 2.05) is 194 Å². The van der Waals surface area contributed by atoms with Crippen LogP contribution in [-0.2, 0) is 14.4 Å². The molecular weight excluding hydrogens is 2590 g/mol. The van der Waals surface area contributed by atoms with Gasteiger partial charge in [0.15, 0.2) is 34.8 Å². The fourth-order valence-corrected chi connectivity index (χ4v) is 14.1. The Morgan fingerprint density at radius 2 is 0.655 bits per heavy atom. The maximum atomic E-state index is 13.1. The van der Waals surface area contributed by atoms with Crippen molar-refractivity contribution < 1.29 is 28.4 Å². The molecule has 19 rings (SSSR count). The Morgan fingerprint density at radius 3 is 0.930 bits per heavy atom. The van der Waals surface area contributed by atoms with E-state index in [-0.39, 0.29) is 43.1 Å². The van der Waals surface area contributed by atoms with Crippen molar-refractivity contribution in [1.82, 2.24) is 108 Å². The van der Waals surface area contributed by atoms with Crippen molar-refractivity contribution in [1.29, 1.82) is 26.3 Å². The molecule has 40 heteroatoms. The number of Topliss-reactive ketones (excluding diaryl/α,β-unsaturated/α-hetero) is 2. The summed E-state index contributed by atoms with van der Waals surface area (Å²) in [5.41, 5.74) is 21.1. The number of aromatic nitrogens is 22. The van der Waals surface area contributed by atoms with Crippen molar-refractivity contribution in [3.63, 3.8) is 0 Å². The molecule has 14 aromatic heterocycles. The monoisotopic (exact) mass is 2680 g/mol. The van der Waals surface area contributed by atoms with Crippen LogP contribution in [-0.4, -0.2) is 134 Å². The SMILES string of the molecule is C.C.CCC(C)(C)I.C[C-](C)C.C[C-](C)C.Cc1c(C(=O)CCl)c2nc(-n3ccnn3)ccc2n1-c1ccc(C#N)cc1.Cc1c(C(=O)CCl)c2nc(-n3nccn3)ccc2n1-c1ccc(C#N)cc1.Cc1cc2nc(-n3ccnn3)ccc2n1-c1ccc(C#N)cc1.Cc1cc2nc(-n3nccn3)ccc2n1-c1ccc(C#N)cc1.Cc1cc2nc(F)ccc2n1-c1ccc(C#N)cc1.[I][V]([I])[I].[I][V][I]. The third-order valence-electron chi connectivity index (χ3n) is 20.0. The van der Waals surface area contributed by atoms with E-state index in [9.17, 15) is 14.0 Å². The van der Waals surface area contributed by atoms with Crippen molar-refractivity contribution in [3.8, 4) is 82.1 Å². The molecule has 0 bridgehead atoms. The molecule has 0 amide bonds. The molecule has 19 aromatic rings. The fourth-order valence-electron chi connectivity index (χ4n) is 13.9. The van der Waals surface area contributed by atoms with E-state index in [2.05, 4.69) is 290 Å². The zero-order valence-electron chi connectivity index (χ0n) is 78.0. The van der Waals surface area contributed by atoms with Gasteiger partial charge in [-0.2, -0.15) is 92.6 Å². The number of hydrogen-bond donors (Lipinski definition) is 0. The summed E-state index contributed by atoms with van der Waals surface area (Å²) in [7, 11) is 0.628. The molecular formula is C102H97Cl2FI6N27O2V2-2. The van der Waals surface area contributed by atoms with Gasteiger partial charge in [-0.3, -0.25) is 9.59 Å². The molecule has 0 aliphatic heterocycles. The van der Waals surface area contributed by atoms with Gasteiger partial charge in [0.2, 0.25) is 5.95 Å². The predicted octanol–water partition coefficient (Wildman–Crippen LogP) is 26.9. The van der Waals surface area contributed by atoms with E-state index in [1.54, 1.807) is 103 Å². The number of alkyl halides is 3. The number of ketones is 2. The number of halogens is 9. The Morgan fingerprint density at radius 1 is 0.408 bits per heavy atom. The third-order valence-corrected chi connectivity index (χ3v) is 21.3. The zero-order valence-corrected chi connectivity index (χ0v) is 95.2. The van der Waals surface area contributed by atoms with Gasteiger partial charge in [0, 0.05) is 60.3 Å². The molecule has 0 aliphatic rings. The second kappa shape index (κ2) is 56.3.